The van der Waals surface area contributed by atoms with Gasteiger partial charge in [0.1, 0.15) is 0 Å². The molecule has 0 spiro atoms. The third-order valence-corrected chi connectivity index (χ3v) is 4.91. The quantitative estimate of drug-likeness (QED) is 0.757. The van der Waals surface area contributed by atoms with Crippen LogP contribution in [0.1, 0.15) is 26.2 Å². The maximum atomic E-state index is 11.8. The average Bonchev–Trinajstić information content (AvgIpc) is 2.85. The summed E-state index contributed by atoms with van der Waals surface area (Å²) in [6.07, 6.45) is 3.53. The lowest BCUT2D eigenvalue weighted by Gasteiger charge is -2.23. The minimum absolute atomic E-state index is 0.208. The zero-order valence-electron chi connectivity index (χ0n) is 9.34. The zero-order chi connectivity index (χ0) is 10.7. The van der Waals surface area contributed by atoms with Crippen molar-refractivity contribution in [3.8, 4) is 0 Å². The molecule has 0 radical (unpaired) electrons. The number of nitrogens with one attached hydrogen (secondary N) is 2. The van der Waals surface area contributed by atoms with E-state index >= 15 is 0 Å². The third kappa shape index (κ3) is 2.88. The van der Waals surface area contributed by atoms with E-state index in [1.165, 1.54) is 18.6 Å². The highest BCUT2D eigenvalue weighted by molar-refractivity contribution is 8.00. The lowest BCUT2D eigenvalue weighted by atomic mass is 10.0. The molecule has 2 aliphatic rings. The molecule has 2 N–H and O–H groups in total. The second kappa shape index (κ2) is 4.74. The summed E-state index contributed by atoms with van der Waals surface area (Å²) in [5, 5.41) is 6.33. The Kier molecular flexibility index (Phi) is 3.57. The van der Waals surface area contributed by atoms with Crippen LogP contribution in [0, 0.1) is 5.92 Å². The largest absolute Gasteiger partial charge is 0.354 e. The lowest BCUT2D eigenvalue weighted by Crippen LogP contribution is -2.40. The van der Waals surface area contributed by atoms with E-state index in [0.717, 1.165) is 26.1 Å². The van der Waals surface area contributed by atoms with Crippen LogP contribution in [0.25, 0.3) is 0 Å². The van der Waals surface area contributed by atoms with Crippen LogP contribution in [0.3, 0.4) is 0 Å². The van der Waals surface area contributed by atoms with Crippen molar-refractivity contribution in [3.63, 3.8) is 0 Å². The number of rotatable bonds is 3. The fourth-order valence-corrected chi connectivity index (χ4v) is 3.52. The molecule has 2 saturated heterocycles. The van der Waals surface area contributed by atoms with Gasteiger partial charge in [-0.25, -0.2) is 0 Å². The van der Waals surface area contributed by atoms with E-state index in [2.05, 4.69) is 17.6 Å². The molecule has 4 heteroatoms. The molecule has 2 fully saturated rings. The minimum Gasteiger partial charge on any atom is -0.354 e. The van der Waals surface area contributed by atoms with Gasteiger partial charge in [-0.15, -0.1) is 0 Å². The van der Waals surface area contributed by atoms with Gasteiger partial charge in [0.2, 0.25) is 5.91 Å². The standard InChI is InChI=1S/C11H20N2OS/c1-11(4-2-6-15-11)8-13-10(14)9-3-5-12-7-9/h9,12H,2-8H2,1H3,(H,13,14)/t9-,11?/m0/s1. The van der Waals surface area contributed by atoms with Gasteiger partial charge in [0.15, 0.2) is 0 Å². The first kappa shape index (κ1) is 11.3. The number of carbonyl (C=O) groups is 1. The molecule has 0 aromatic rings. The molecule has 0 aliphatic carbocycles. The van der Waals surface area contributed by atoms with Gasteiger partial charge in [0.05, 0.1) is 5.92 Å². The molecule has 2 atom stereocenters. The Balaban J connectivity index is 1.74. The van der Waals surface area contributed by atoms with Crippen molar-refractivity contribution in [3.05, 3.63) is 0 Å². The van der Waals surface area contributed by atoms with Crippen LogP contribution >= 0.6 is 11.8 Å². The summed E-state index contributed by atoms with van der Waals surface area (Å²) in [7, 11) is 0. The summed E-state index contributed by atoms with van der Waals surface area (Å²) < 4.78 is 0.293. The Morgan fingerprint density at radius 2 is 2.53 bits per heavy atom. The summed E-state index contributed by atoms with van der Waals surface area (Å²) in [6, 6.07) is 0. The summed E-state index contributed by atoms with van der Waals surface area (Å²) in [4.78, 5) is 11.8. The number of hydrogen-bond donors (Lipinski definition) is 2. The van der Waals surface area contributed by atoms with E-state index in [1.807, 2.05) is 11.8 Å². The number of thioether (sulfide) groups is 1. The molecular weight excluding hydrogens is 208 g/mol. The molecule has 3 nitrogen and oxygen atoms in total. The van der Waals surface area contributed by atoms with Crippen molar-refractivity contribution in [1.29, 1.82) is 0 Å². The Morgan fingerprint density at radius 3 is 3.13 bits per heavy atom. The fourth-order valence-electron chi connectivity index (χ4n) is 2.27. The van der Waals surface area contributed by atoms with E-state index in [-0.39, 0.29) is 11.8 Å². The molecule has 86 valence electrons. The van der Waals surface area contributed by atoms with Crippen molar-refractivity contribution in [1.82, 2.24) is 10.6 Å². The van der Waals surface area contributed by atoms with E-state index in [1.54, 1.807) is 0 Å². The molecule has 2 aliphatic heterocycles. The molecule has 2 heterocycles. The smallest absolute Gasteiger partial charge is 0.224 e. The molecule has 0 bridgehead atoms. The summed E-state index contributed by atoms with van der Waals surface area (Å²) in [5.41, 5.74) is 0. The van der Waals surface area contributed by atoms with E-state index < -0.39 is 0 Å². The summed E-state index contributed by atoms with van der Waals surface area (Å²) >= 11 is 2.00. The van der Waals surface area contributed by atoms with Crippen LogP contribution in [0.15, 0.2) is 0 Å². The molecule has 1 amide bonds. The van der Waals surface area contributed by atoms with Gasteiger partial charge in [-0.05, 0) is 38.5 Å². The normalized spacial score (nSPS) is 35.7. The minimum atomic E-state index is 0.208. The van der Waals surface area contributed by atoms with Gasteiger partial charge < -0.3 is 10.6 Å². The second-order valence-electron chi connectivity index (χ2n) is 4.81. The van der Waals surface area contributed by atoms with Crippen molar-refractivity contribution in [2.24, 2.45) is 5.92 Å². The Bertz CT molecular complexity index is 233. The first-order chi connectivity index (χ1) is 7.20. The maximum absolute atomic E-state index is 11.8. The van der Waals surface area contributed by atoms with Gasteiger partial charge >= 0.3 is 0 Å². The van der Waals surface area contributed by atoms with Gasteiger partial charge in [0.25, 0.3) is 0 Å². The van der Waals surface area contributed by atoms with Gasteiger partial charge in [-0.3, -0.25) is 4.79 Å². The highest BCUT2D eigenvalue weighted by Crippen LogP contribution is 2.36. The Hall–Kier alpha value is -0.220. The Labute approximate surface area is 95.8 Å². The lowest BCUT2D eigenvalue weighted by molar-refractivity contribution is -0.124. The zero-order valence-corrected chi connectivity index (χ0v) is 10.2. The van der Waals surface area contributed by atoms with E-state index in [4.69, 9.17) is 0 Å². The Morgan fingerprint density at radius 1 is 1.67 bits per heavy atom. The number of amides is 1. The third-order valence-electron chi connectivity index (χ3n) is 3.37. The molecule has 0 saturated carbocycles. The molecule has 15 heavy (non-hydrogen) atoms. The highest BCUT2D eigenvalue weighted by atomic mass is 32.2. The summed E-state index contributed by atoms with van der Waals surface area (Å²) in [5.74, 6) is 1.70. The first-order valence-corrected chi connectivity index (χ1v) is 6.81. The van der Waals surface area contributed by atoms with E-state index in [9.17, 15) is 4.79 Å². The van der Waals surface area contributed by atoms with Gasteiger partial charge in [-0.1, -0.05) is 0 Å². The van der Waals surface area contributed by atoms with Crippen molar-refractivity contribution in [2.45, 2.75) is 30.9 Å². The SMILES string of the molecule is CC1(CNC(=O)[C@H]2CCNC2)CCCS1. The average molecular weight is 228 g/mol. The van der Waals surface area contributed by atoms with Crippen molar-refractivity contribution >= 4 is 17.7 Å². The first-order valence-electron chi connectivity index (χ1n) is 5.82. The van der Waals surface area contributed by atoms with Crippen LogP contribution in [0.4, 0.5) is 0 Å². The highest BCUT2D eigenvalue weighted by Gasteiger charge is 2.31. The van der Waals surface area contributed by atoms with E-state index in [0.29, 0.717) is 4.75 Å². The fraction of sp³-hybridized carbons (Fsp3) is 0.909. The van der Waals surface area contributed by atoms with Crippen molar-refractivity contribution < 1.29 is 4.79 Å². The van der Waals surface area contributed by atoms with Crippen LogP contribution in [-0.4, -0.2) is 36.0 Å². The predicted octanol–water partition coefficient (Wildman–Crippen LogP) is 0.998. The van der Waals surface area contributed by atoms with Crippen molar-refractivity contribution in [2.75, 3.05) is 25.4 Å². The molecule has 2 rings (SSSR count). The van der Waals surface area contributed by atoms with Crippen LogP contribution in [0.5, 0.6) is 0 Å². The molecule has 0 aromatic carbocycles. The number of carbonyl (C=O) groups excluding carboxylic acids is 1. The van der Waals surface area contributed by atoms with Crippen LogP contribution in [-0.2, 0) is 4.79 Å². The molecule has 0 aromatic heterocycles. The number of hydrogen-bond acceptors (Lipinski definition) is 3. The molecular formula is C11H20N2OS. The van der Waals surface area contributed by atoms with Gasteiger partial charge in [-0.2, -0.15) is 11.8 Å². The second-order valence-corrected chi connectivity index (χ2v) is 6.49. The molecule has 1 unspecified atom stereocenters. The predicted molar refractivity (Wildman–Crippen MR) is 64.1 cm³/mol. The van der Waals surface area contributed by atoms with Crippen LogP contribution in [0.2, 0.25) is 0 Å². The topological polar surface area (TPSA) is 41.1 Å². The van der Waals surface area contributed by atoms with Crippen LogP contribution < -0.4 is 10.6 Å². The summed E-state index contributed by atoms with van der Waals surface area (Å²) in [6.45, 7) is 4.95. The van der Waals surface area contributed by atoms with Gasteiger partial charge in [0, 0.05) is 17.8 Å². The maximum Gasteiger partial charge on any atom is 0.224 e. The monoisotopic (exact) mass is 228 g/mol.